The molecule has 3 aromatic rings. The molecular weight excluding hydrogens is 369 g/mol. The Kier molecular flexibility index (Phi) is 4.37. The smallest absolute Gasteiger partial charge is 0.290 e. The maximum atomic E-state index is 13.4. The van der Waals surface area contributed by atoms with Crippen LogP contribution in [-0.4, -0.2) is 21.7 Å². The fourth-order valence-electron chi connectivity index (χ4n) is 3.15. The van der Waals surface area contributed by atoms with Gasteiger partial charge in [-0.05, 0) is 41.3 Å². The monoisotopic (exact) mass is 383 g/mol. The van der Waals surface area contributed by atoms with Crippen LogP contribution in [0.25, 0.3) is 0 Å². The number of ketones is 1. The number of nitrogens with zero attached hydrogens (tertiary/aromatic N) is 1. The molecule has 1 aliphatic rings. The largest absolute Gasteiger partial charge is 0.503 e. The fourth-order valence-corrected chi connectivity index (χ4v) is 3.85. The van der Waals surface area contributed by atoms with Crippen molar-refractivity contribution in [1.82, 2.24) is 4.90 Å². The number of carbonyl (C=O) groups is 2. The van der Waals surface area contributed by atoms with E-state index in [1.807, 2.05) is 17.5 Å². The Morgan fingerprint density at radius 1 is 1.19 bits per heavy atom. The molecule has 1 aliphatic heterocycles. The normalized spacial score (nSPS) is 17.0. The number of hydrogen-bond donors (Lipinski definition) is 1. The Bertz CT molecular complexity index is 1010. The maximum Gasteiger partial charge on any atom is 0.290 e. The van der Waals surface area contributed by atoms with E-state index in [1.54, 1.807) is 6.07 Å². The van der Waals surface area contributed by atoms with Gasteiger partial charge in [-0.25, -0.2) is 4.39 Å². The lowest BCUT2D eigenvalue weighted by Crippen LogP contribution is -2.30. The SMILES string of the molecule is O=C(C1=C(O)C(=O)N(Cc2cccs2)C1c1ccc(F)cc1)c1ccco1. The molecule has 0 fully saturated rings. The highest BCUT2D eigenvalue weighted by Crippen LogP contribution is 2.40. The van der Waals surface area contributed by atoms with Gasteiger partial charge in [-0.3, -0.25) is 9.59 Å². The van der Waals surface area contributed by atoms with E-state index < -0.39 is 29.3 Å². The molecule has 5 nitrogen and oxygen atoms in total. The van der Waals surface area contributed by atoms with Crippen LogP contribution in [0.5, 0.6) is 0 Å². The molecule has 1 amide bonds. The second-order valence-electron chi connectivity index (χ2n) is 6.04. The van der Waals surface area contributed by atoms with E-state index in [1.165, 1.54) is 52.8 Å². The molecule has 0 spiro atoms. The van der Waals surface area contributed by atoms with Gasteiger partial charge in [0.1, 0.15) is 5.82 Å². The summed E-state index contributed by atoms with van der Waals surface area (Å²) < 4.78 is 18.5. The van der Waals surface area contributed by atoms with Gasteiger partial charge < -0.3 is 14.4 Å². The Morgan fingerprint density at radius 2 is 1.96 bits per heavy atom. The average molecular weight is 383 g/mol. The van der Waals surface area contributed by atoms with Crippen LogP contribution < -0.4 is 0 Å². The van der Waals surface area contributed by atoms with Crippen molar-refractivity contribution in [2.75, 3.05) is 0 Å². The van der Waals surface area contributed by atoms with Crippen molar-refractivity contribution in [2.24, 2.45) is 0 Å². The summed E-state index contributed by atoms with van der Waals surface area (Å²) in [4.78, 5) is 27.9. The molecule has 7 heteroatoms. The van der Waals surface area contributed by atoms with E-state index in [2.05, 4.69) is 0 Å². The molecular formula is C20H14FNO4S. The minimum atomic E-state index is -0.835. The van der Waals surface area contributed by atoms with Gasteiger partial charge in [0.05, 0.1) is 24.4 Å². The van der Waals surface area contributed by atoms with E-state index in [4.69, 9.17) is 4.42 Å². The molecule has 0 saturated carbocycles. The zero-order valence-corrected chi connectivity index (χ0v) is 14.8. The van der Waals surface area contributed by atoms with Gasteiger partial charge in [-0.15, -0.1) is 11.3 Å². The third-order valence-electron chi connectivity index (χ3n) is 4.39. The van der Waals surface area contributed by atoms with Crippen LogP contribution in [0.1, 0.15) is 27.0 Å². The number of rotatable bonds is 5. The Morgan fingerprint density at radius 3 is 2.59 bits per heavy atom. The van der Waals surface area contributed by atoms with Crippen LogP contribution in [0, 0.1) is 5.82 Å². The Balaban J connectivity index is 1.80. The number of furan rings is 1. The zero-order valence-electron chi connectivity index (χ0n) is 14.0. The summed E-state index contributed by atoms with van der Waals surface area (Å²) in [6.45, 7) is 0.220. The topological polar surface area (TPSA) is 70.8 Å². The Labute approximate surface area is 158 Å². The van der Waals surface area contributed by atoms with Gasteiger partial charge in [0, 0.05) is 4.88 Å². The van der Waals surface area contributed by atoms with Crippen LogP contribution in [0.2, 0.25) is 0 Å². The Hall–Kier alpha value is -3.19. The number of amides is 1. The van der Waals surface area contributed by atoms with E-state index in [0.717, 1.165) is 4.88 Å². The van der Waals surface area contributed by atoms with Gasteiger partial charge in [-0.1, -0.05) is 18.2 Å². The van der Waals surface area contributed by atoms with Gasteiger partial charge in [0.15, 0.2) is 11.5 Å². The van der Waals surface area contributed by atoms with Gasteiger partial charge in [0.2, 0.25) is 5.78 Å². The van der Waals surface area contributed by atoms with Crippen molar-refractivity contribution >= 4 is 23.0 Å². The number of halogens is 1. The van der Waals surface area contributed by atoms with Crippen molar-refractivity contribution in [3.63, 3.8) is 0 Å². The molecule has 3 heterocycles. The second-order valence-corrected chi connectivity index (χ2v) is 7.07. The minimum Gasteiger partial charge on any atom is -0.503 e. The fraction of sp³-hybridized carbons (Fsp3) is 0.100. The van der Waals surface area contributed by atoms with Gasteiger partial charge in [-0.2, -0.15) is 0 Å². The van der Waals surface area contributed by atoms with Gasteiger partial charge in [0.25, 0.3) is 5.91 Å². The number of hydrogen-bond acceptors (Lipinski definition) is 5. The van der Waals surface area contributed by atoms with Crippen molar-refractivity contribution in [2.45, 2.75) is 12.6 Å². The van der Waals surface area contributed by atoms with Crippen LogP contribution in [0.3, 0.4) is 0 Å². The maximum absolute atomic E-state index is 13.4. The average Bonchev–Trinajstić information content (AvgIpc) is 3.41. The third-order valence-corrected chi connectivity index (χ3v) is 5.25. The predicted molar refractivity (Wildman–Crippen MR) is 96.7 cm³/mol. The first-order chi connectivity index (χ1) is 13.1. The second kappa shape index (κ2) is 6.85. The minimum absolute atomic E-state index is 0.0226. The summed E-state index contributed by atoms with van der Waals surface area (Å²) >= 11 is 1.46. The lowest BCUT2D eigenvalue weighted by atomic mass is 9.95. The molecule has 0 radical (unpaired) electrons. The lowest BCUT2D eigenvalue weighted by molar-refractivity contribution is -0.130. The molecule has 1 N–H and O–H groups in total. The van der Waals surface area contributed by atoms with Crippen molar-refractivity contribution in [3.8, 4) is 0 Å². The number of Topliss-reactive ketones (excluding diaryl/α,β-unsaturated/α-hetero) is 1. The van der Waals surface area contributed by atoms with E-state index in [0.29, 0.717) is 5.56 Å². The van der Waals surface area contributed by atoms with E-state index in [-0.39, 0.29) is 17.9 Å². The zero-order chi connectivity index (χ0) is 19.0. The molecule has 2 aromatic heterocycles. The molecule has 1 unspecified atom stereocenters. The van der Waals surface area contributed by atoms with Crippen LogP contribution in [-0.2, 0) is 11.3 Å². The summed E-state index contributed by atoms with van der Waals surface area (Å²) in [6, 6.07) is 11.4. The number of aliphatic hydroxyl groups excluding tert-OH is 1. The molecule has 1 aromatic carbocycles. The highest BCUT2D eigenvalue weighted by Gasteiger charge is 2.44. The highest BCUT2D eigenvalue weighted by atomic mass is 32.1. The number of carbonyl (C=O) groups excluding carboxylic acids is 2. The summed E-state index contributed by atoms with van der Waals surface area (Å²) in [5, 5.41) is 12.3. The third kappa shape index (κ3) is 3.06. The first kappa shape index (κ1) is 17.2. The first-order valence-corrected chi connectivity index (χ1v) is 9.04. The summed E-state index contributed by atoms with van der Waals surface area (Å²) in [5.41, 5.74) is 0.457. The molecule has 136 valence electrons. The summed E-state index contributed by atoms with van der Waals surface area (Å²) in [7, 11) is 0. The molecule has 0 saturated heterocycles. The van der Waals surface area contributed by atoms with E-state index in [9.17, 15) is 19.1 Å². The number of benzene rings is 1. The van der Waals surface area contributed by atoms with Crippen LogP contribution in [0.15, 0.2) is 75.9 Å². The molecule has 1 atom stereocenters. The van der Waals surface area contributed by atoms with Crippen molar-refractivity contribution in [1.29, 1.82) is 0 Å². The number of thiophene rings is 1. The molecule has 0 bridgehead atoms. The predicted octanol–water partition coefficient (Wildman–Crippen LogP) is 4.26. The molecule has 0 aliphatic carbocycles. The van der Waals surface area contributed by atoms with Crippen molar-refractivity contribution < 1.29 is 23.5 Å². The first-order valence-electron chi connectivity index (χ1n) is 8.16. The summed E-state index contributed by atoms with van der Waals surface area (Å²) in [5.74, 6) is -2.24. The van der Waals surface area contributed by atoms with Gasteiger partial charge >= 0.3 is 0 Å². The molecule has 27 heavy (non-hydrogen) atoms. The highest BCUT2D eigenvalue weighted by molar-refractivity contribution is 7.09. The summed E-state index contributed by atoms with van der Waals surface area (Å²) in [6.07, 6.45) is 1.35. The molecule has 4 rings (SSSR count). The van der Waals surface area contributed by atoms with E-state index >= 15 is 0 Å². The standard InChI is InChI=1S/C20H14FNO4S/c21-13-7-5-12(6-8-13)17-16(18(23)15-4-1-9-26-15)19(24)20(25)22(17)11-14-3-2-10-27-14/h1-10,17,24H,11H2. The van der Waals surface area contributed by atoms with Crippen LogP contribution >= 0.6 is 11.3 Å². The number of aliphatic hydroxyl groups is 1. The van der Waals surface area contributed by atoms with Crippen LogP contribution in [0.4, 0.5) is 4.39 Å². The quantitative estimate of drug-likeness (QED) is 0.669. The van der Waals surface area contributed by atoms with Crippen molar-refractivity contribution in [3.05, 3.63) is 93.5 Å². The lowest BCUT2D eigenvalue weighted by Gasteiger charge is -2.26.